The van der Waals surface area contributed by atoms with E-state index in [1.165, 1.54) is 28.4 Å². The molecule has 0 heterocycles. The van der Waals surface area contributed by atoms with Gasteiger partial charge in [-0.1, -0.05) is 0 Å². The van der Waals surface area contributed by atoms with Gasteiger partial charge >= 0.3 is 349 Å². The minimum absolute atomic E-state index is 0.220. The topological polar surface area (TPSA) is 156 Å². The average Bonchev–Trinajstić information content (AvgIpc) is 3.28. The first kappa shape index (κ1) is 43.5. The van der Waals surface area contributed by atoms with Gasteiger partial charge in [-0.15, -0.1) is 0 Å². The van der Waals surface area contributed by atoms with Gasteiger partial charge in [0.05, 0.1) is 0 Å². The number of hydrogen-bond acceptors (Lipinski definition) is 12. The van der Waals surface area contributed by atoms with Gasteiger partial charge < -0.3 is 0 Å². The molecule has 6 aromatic rings. The molecule has 12 nitrogen and oxygen atoms in total. The first-order valence-electron chi connectivity index (χ1n) is 17.7. The third-order valence-electron chi connectivity index (χ3n) is 9.11. The summed E-state index contributed by atoms with van der Waals surface area (Å²) >= 11 is -5.23. The van der Waals surface area contributed by atoms with Gasteiger partial charge in [-0.3, -0.25) is 0 Å². The maximum atomic E-state index is 15.8. The van der Waals surface area contributed by atoms with Crippen LogP contribution in [-0.4, -0.2) is 61.7 Å². The third-order valence-corrected chi connectivity index (χ3v) is 28.8. The van der Waals surface area contributed by atoms with Crippen molar-refractivity contribution in [3.63, 3.8) is 0 Å². The molecule has 0 aliphatic carbocycles. The summed E-state index contributed by atoms with van der Waals surface area (Å²) < 4.78 is 89.2. The summed E-state index contributed by atoms with van der Waals surface area (Å²) in [6.07, 6.45) is 0. The van der Waals surface area contributed by atoms with Crippen LogP contribution in [0.3, 0.4) is 0 Å². The van der Waals surface area contributed by atoms with Crippen molar-refractivity contribution in [3.05, 3.63) is 157 Å². The predicted octanol–water partition coefficient (Wildman–Crippen LogP) is 5.83. The van der Waals surface area contributed by atoms with E-state index in [1.54, 1.807) is 146 Å². The number of methoxy groups -OCH3 is 4. The Bertz CT molecular complexity index is 1980. The van der Waals surface area contributed by atoms with Gasteiger partial charge in [0.15, 0.2) is 0 Å². The van der Waals surface area contributed by atoms with Gasteiger partial charge in [0.1, 0.15) is 0 Å². The zero-order valence-electron chi connectivity index (χ0n) is 32.0. The molecule has 2 N–H and O–H groups in total. The van der Waals surface area contributed by atoms with Gasteiger partial charge in [0.25, 0.3) is 0 Å². The van der Waals surface area contributed by atoms with Crippen molar-refractivity contribution >= 4 is 77.0 Å². The summed E-state index contributed by atoms with van der Waals surface area (Å²) in [6, 6.07) is 38.5. The van der Waals surface area contributed by atoms with Crippen LogP contribution in [0.5, 0.6) is 23.0 Å². The molecule has 6 rings (SSSR count). The van der Waals surface area contributed by atoms with Crippen LogP contribution in [0.1, 0.15) is 11.1 Å². The summed E-state index contributed by atoms with van der Waals surface area (Å²) in [7, 11) is -6.74. The van der Waals surface area contributed by atoms with Crippen LogP contribution >= 0.6 is 22.1 Å². The molecule has 2 atom stereocenters. The summed E-state index contributed by atoms with van der Waals surface area (Å²) in [5, 5.41) is 21.0. The zero-order chi connectivity index (χ0) is 41.3. The van der Waals surface area contributed by atoms with Crippen molar-refractivity contribution in [2.75, 3.05) is 28.4 Å². The van der Waals surface area contributed by atoms with E-state index in [4.69, 9.17) is 26.7 Å². The van der Waals surface area contributed by atoms with Crippen molar-refractivity contribution in [2.45, 2.75) is 13.2 Å². The van der Waals surface area contributed by atoms with E-state index in [0.29, 0.717) is 34.1 Å². The van der Waals surface area contributed by atoms with E-state index in [1.807, 2.05) is 0 Å². The van der Waals surface area contributed by atoms with Crippen molar-refractivity contribution in [1.82, 2.24) is 0 Å². The SMILES string of the molecule is COc1ccc(P(=O)([O][Bi]([O]P(=O)(c2ccc(CO)cc2)c2ccc(OC)cc2)[O]P(=O)(c2ccc(OC)cc2)c2ccc(OC)cc2)c2ccc(CO)cc2)cc1. The van der Waals surface area contributed by atoms with E-state index >= 15 is 13.7 Å². The molecule has 0 saturated carbocycles. The van der Waals surface area contributed by atoms with E-state index in [-0.39, 0.29) is 45.0 Å². The molecule has 0 radical (unpaired) electrons. The fourth-order valence-corrected chi connectivity index (χ4v) is 27.7. The molecule has 16 heteroatoms. The van der Waals surface area contributed by atoms with Crippen LogP contribution in [0.15, 0.2) is 146 Å². The molecule has 302 valence electrons. The Hall–Kier alpha value is -4.11. The Morgan fingerprint density at radius 3 is 0.724 bits per heavy atom. The molecular formula is C42H42BiO12P3. The Labute approximate surface area is 347 Å². The van der Waals surface area contributed by atoms with Crippen LogP contribution in [0.2, 0.25) is 0 Å². The van der Waals surface area contributed by atoms with Gasteiger partial charge in [0, 0.05) is 0 Å². The van der Waals surface area contributed by atoms with Crippen LogP contribution in [-0.2, 0) is 34.7 Å². The molecular weight excluding hydrogens is 998 g/mol. The zero-order valence-corrected chi connectivity index (χ0v) is 38.2. The molecule has 0 spiro atoms. The quantitative estimate of drug-likeness (QED) is 0.0787. The van der Waals surface area contributed by atoms with Crippen molar-refractivity contribution in [2.24, 2.45) is 0 Å². The standard InChI is InChI=1S/3C14H15O4P.Bi/c1-17-11-3-7-13(8-4-11)19(15,16)14-9-5-12(18-2)6-10-14;2*1-18-12-4-8-14(9-5-12)19(16,17)13-6-2-11(10-15)3-7-13;/h3-10H,1-2H3,(H,15,16);2*2-9,15H,10H2,1H3,(H,16,17);/q;;;+3/p-3. The van der Waals surface area contributed by atoms with E-state index < -0.39 is 45.2 Å². The third kappa shape index (κ3) is 9.51. The molecule has 0 fully saturated rings. The molecule has 0 bridgehead atoms. The number of ether oxygens (including phenoxy) is 4. The Morgan fingerprint density at radius 2 is 0.552 bits per heavy atom. The number of aliphatic hydroxyl groups is 2. The molecule has 0 aromatic heterocycles. The van der Waals surface area contributed by atoms with E-state index in [9.17, 15) is 10.2 Å². The van der Waals surface area contributed by atoms with Crippen LogP contribution < -0.4 is 50.8 Å². The summed E-state index contributed by atoms with van der Waals surface area (Å²) in [5.41, 5.74) is 1.13. The molecule has 2 unspecified atom stereocenters. The molecule has 0 saturated heterocycles. The Balaban J connectivity index is 1.59. The first-order chi connectivity index (χ1) is 28.0. The van der Waals surface area contributed by atoms with Crippen LogP contribution in [0, 0.1) is 0 Å². The van der Waals surface area contributed by atoms with Crippen molar-refractivity contribution in [1.29, 1.82) is 0 Å². The van der Waals surface area contributed by atoms with Crippen LogP contribution in [0.25, 0.3) is 0 Å². The number of hydrogen-bond donors (Lipinski definition) is 2. The molecule has 0 aliphatic heterocycles. The number of aliphatic hydroxyl groups excluding tert-OH is 2. The fourth-order valence-electron chi connectivity index (χ4n) is 5.77. The average molecular weight is 1040 g/mol. The van der Waals surface area contributed by atoms with E-state index in [2.05, 4.69) is 0 Å². The summed E-state index contributed by atoms with van der Waals surface area (Å²) in [4.78, 5) is 0. The maximum absolute atomic E-state index is 15.8. The fraction of sp³-hybridized carbons (Fsp3) is 0.143. The second-order valence-electron chi connectivity index (χ2n) is 12.6. The predicted molar refractivity (Wildman–Crippen MR) is 226 cm³/mol. The first-order valence-corrected chi connectivity index (χ1v) is 26.8. The van der Waals surface area contributed by atoms with Crippen LogP contribution in [0.4, 0.5) is 0 Å². The second kappa shape index (κ2) is 19.3. The Morgan fingerprint density at radius 1 is 0.362 bits per heavy atom. The molecule has 0 amide bonds. The van der Waals surface area contributed by atoms with Crippen molar-refractivity contribution in [3.8, 4) is 23.0 Å². The van der Waals surface area contributed by atoms with E-state index in [0.717, 1.165) is 0 Å². The van der Waals surface area contributed by atoms with Gasteiger partial charge in [-0.2, -0.15) is 0 Å². The monoisotopic (exact) mass is 1040 g/mol. The Kier molecular flexibility index (Phi) is 14.5. The van der Waals surface area contributed by atoms with Gasteiger partial charge in [0.2, 0.25) is 0 Å². The van der Waals surface area contributed by atoms with Gasteiger partial charge in [-0.25, -0.2) is 0 Å². The normalized spacial score (nSPS) is 13.6. The number of rotatable bonds is 18. The second-order valence-corrected chi connectivity index (χ2v) is 26.9. The molecule has 58 heavy (non-hydrogen) atoms. The van der Waals surface area contributed by atoms with Gasteiger partial charge in [-0.05, 0) is 0 Å². The summed E-state index contributed by atoms with van der Waals surface area (Å²) in [5.74, 6) is 2.00. The molecule has 6 aromatic carbocycles. The minimum atomic E-state index is -5.23. The number of benzene rings is 6. The summed E-state index contributed by atoms with van der Waals surface area (Å²) in [6.45, 7) is -0.511. The molecule has 0 aliphatic rings. The van der Waals surface area contributed by atoms with Crippen molar-refractivity contribution < 1.29 is 50.7 Å².